The number of nitrogens with one attached hydrogen (secondary N) is 2. The minimum atomic E-state index is -4.85. The van der Waals surface area contributed by atoms with Gasteiger partial charge in [0.2, 0.25) is 0 Å². The Labute approximate surface area is 272 Å². The molecule has 0 bridgehead atoms. The number of aliphatic hydroxyl groups excluding tert-OH is 1. The topological polar surface area (TPSA) is 141 Å². The number of anilines is 1. The van der Waals surface area contributed by atoms with Crippen molar-refractivity contribution >= 4 is 44.6 Å². The Hall–Kier alpha value is -4.95. The van der Waals surface area contributed by atoms with Crippen LogP contribution in [0.2, 0.25) is 0 Å². The fourth-order valence-corrected chi connectivity index (χ4v) is 5.58. The van der Waals surface area contributed by atoms with Gasteiger partial charge in [0.05, 0.1) is 23.3 Å². The number of carboxylic acids is 1. The number of thiazole rings is 1. The third kappa shape index (κ3) is 10.0. The number of nitrogens with zero attached hydrogens (tertiary/aromatic N) is 2. The van der Waals surface area contributed by atoms with Crippen LogP contribution in [0.3, 0.4) is 0 Å². The van der Waals surface area contributed by atoms with E-state index in [1.165, 1.54) is 34.7 Å². The van der Waals surface area contributed by atoms with Gasteiger partial charge in [-0.25, -0.2) is 14.6 Å². The molecule has 1 aliphatic carbocycles. The van der Waals surface area contributed by atoms with Crippen LogP contribution < -0.4 is 15.4 Å². The summed E-state index contributed by atoms with van der Waals surface area (Å²) in [6, 6.07) is 9.43. The molecule has 2 aromatic carbocycles. The first-order valence-electron chi connectivity index (χ1n) is 14.6. The van der Waals surface area contributed by atoms with Gasteiger partial charge in [-0.1, -0.05) is 48.3 Å². The Kier molecular flexibility index (Phi) is 11.6. The molecule has 0 aliphatic heterocycles. The van der Waals surface area contributed by atoms with Crippen molar-refractivity contribution < 1.29 is 42.5 Å². The molecule has 4 N–H and O–H groups in total. The fourth-order valence-electron chi connectivity index (χ4n) is 4.70. The van der Waals surface area contributed by atoms with Gasteiger partial charge in [0.1, 0.15) is 5.75 Å². The molecule has 0 saturated heterocycles. The van der Waals surface area contributed by atoms with E-state index in [4.69, 9.17) is 5.11 Å². The molecular weight excluding hydrogens is 637 g/mol. The largest absolute Gasteiger partial charge is 0.573 e. The van der Waals surface area contributed by atoms with Crippen LogP contribution in [0.15, 0.2) is 90.2 Å². The minimum Gasteiger partial charge on any atom is -0.479 e. The third-order valence-corrected chi connectivity index (χ3v) is 8.10. The second-order valence-electron chi connectivity index (χ2n) is 10.6. The average molecular weight is 671 g/mol. The second-order valence-corrected chi connectivity index (χ2v) is 11.6. The molecule has 0 spiro atoms. The Bertz CT molecular complexity index is 1730. The van der Waals surface area contributed by atoms with Crippen LogP contribution in [0.1, 0.15) is 48.5 Å². The summed E-state index contributed by atoms with van der Waals surface area (Å²) < 4.78 is 42.4. The van der Waals surface area contributed by atoms with Crippen molar-refractivity contribution in [1.82, 2.24) is 15.2 Å². The first kappa shape index (κ1) is 34.9. The third-order valence-electron chi connectivity index (χ3n) is 7.16. The first-order valence-corrected chi connectivity index (χ1v) is 15.4. The molecule has 10 nitrogen and oxygen atoms in total. The number of rotatable bonds is 12. The summed E-state index contributed by atoms with van der Waals surface area (Å²) >= 11 is 0.987. The van der Waals surface area contributed by atoms with Gasteiger partial charge < -0.3 is 20.3 Å². The Balaban J connectivity index is 1.57. The van der Waals surface area contributed by atoms with E-state index in [1.54, 1.807) is 31.2 Å². The Morgan fingerprint density at radius 3 is 2.53 bits per heavy atom. The van der Waals surface area contributed by atoms with E-state index in [1.807, 2.05) is 6.08 Å². The molecule has 1 atom stereocenters. The number of hydrogen-bond acceptors (Lipinski definition) is 7. The summed E-state index contributed by atoms with van der Waals surface area (Å²) in [4.78, 5) is 42.7. The number of amides is 3. The summed E-state index contributed by atoms with van der Waals surface area (Å²) in [5, 5.41) is 23.5. The van der Waals surface area contributed by atoms with E-state index in [0.29, 0.717) is 21.5 Å². The van der Waals surface area contributed by atoms with Crippen molar-refractivity contribution in [3.05, 3.63) is 101 Å². The molecule has 0 radical (unpaired) electrons. The lowest BCUT2D eigenvalue weighted by Gasteiger charge is -2.23. The van der Waals surface area contributed by atoms with E-state index >= 15 is 0 Å². The van der Waals surface area contributed by atoms with Crippen molar-refractivity contribution in [3.8, 4) is 5.75 Å². The summed E-state index contributed by atoms with van der Waals surface area (Å²) in [7, 11) is 0. The Morgan fingerprint density at radius 1 is 1.15 bits per heavy atom. The zero-order valence-corrected chi connectivity index (χ0v) is 26.2. The van der Waals surface area contributed by atoms with E-state index in [2.05, 4.69) is 33.0 Å². The molecule has 0 fully saturated rings. The van der Waals surface area contributed by atoms with Gasteiger partial charge in [-0.15, -0.1) is 13.2 Å². The molecule has 0 unspecified atom stereocenters. The van der Waals surface area contributed by atoms with Gasteiger partial charge in [0.15, 0.2) is 11.2 Å². The van der Waals surface area contributed by atoms with E-state index < -0.39 is 42.7 Å². The molecular formula is C33H33F3N4O6S. The van der Waals surface area contributed by atoms with Gasteiger partial charge in [-0.05, 0) is 79.7 Å². The number of halogens is 3. The van der Waals surface area contributed by atoms with Crippen molar-refractivity contribution in [1.29, 1.82) is 0 Å². The number of hydrogen-bond donors (Lipinski definition) is 4. The molecule has 1 heterocycles. The lowest BCUT2D eigenvalue weighted by molar-refractivity contribution is -0.274. The number of carboxylic acid groups (broad SMARTS) is 1. The van der Waals surface area contributed by atoms with Crippen LogP contribution in [0.5, 0.6) is 5.75 Å². The van der Waals surface area contributed by atoms with Gasteiger partial charge >= 0.3 is 18.4 Å². The van der Waals surface area contributed by atoms with Gasteiger partial charge in [0, 0.05) is 17.3 Å². The zero-order valence-electron chi connectivity index (χ0n) is 25.3. The molecule has 1 aliphatic rings. The van der Waals surface area contributed by atoms with E-state index in [-0.39, 0.29) is 17.2 Å². The maximum atomic E-state index is 13.7. The lowest BCUT2D eigenvalue weighted by Crippen LogP contribution is -2.36. The van der Waals surface area contributed by atoms with Crippen LogP contribution in [0, 0.1) is 0 Å². The molecule has 4 rings (SSSR count). The smallest absolute Gasteiger partial charge is 0.479 e. The summed E-state index contributed by atoms with van der Waals surface area (Å²) in [5.41, 5.74) is 3.93. The monoisotopic (exact) mass is 670 g/mol. The molecule has 1 aromatic heterocycles. The fraction of sp³-hybridized carbons (Fsp3) is 0.273. The quantitative estimate of drug-likeness (QED) is 0.153. The predicted octanol–water partition coefficient (Wildman–Crippen LogP) is 6.92. The summed E-state index contributed by atoms with van der Waals surface area (Å²) in [6.45, 7) is 5.29. The molecule has 0 saturated carbocycles. The summed E-state index contributed by atoms with van der Waals surface area (Å²) in [5.74, 6) is -2.44. The first-order chi connectivity index (χ1) is 22.3. The Morgan fingerprint density at radius 2 is 1.89 bits per heavy atom. The average Bonchev–Trinajstić information content (AvgIpc) is 3.43. The van der Waals surface area contributed by atoms with Crippen LogP contribution in [-0.4, -0.2) is 57.0 Å². The SMILES string of the molecule is C=C/C(=C\C=C(/C)N(Cc1ccc(C(=O)NC[C@@H](O)C(=O)O)cc1)C(=O)Nc1nc2ccc(OC(F)(F)F)cc2s1)C1=CCCCC1. The number of carbonyl (C=O) groups is 3. The van der Waals surface area contributed by atoms with Crippen molar-refractivity contribution in [2.24, 2.45) is 0 Å². The van der Waals surface area contributed by atoms with Crippen molar-refractivity contribution in [2.45, 2.75) is 51.6 Å². The number of fused-ring (bicyclic) bond motifs is 1. The number of benzene rings is 2. The molecule has 3 aromatic rings. The summed E-state index contributed by atoms with van der Waals surface area (Å²) in [6.07, 6.45) is 5.16. The second kappa shape index (κ2) is 15.6. The number of carbonyl (C=O) groups excluding carboxylic acids is 2. The minimum absolute atomic E-state index is 0.0716. The van der Waals surface area contributed by atoms with E-state index in [9.17, 15) is 32.7 Å². The number of aliphatic hydroxyl groups is 1. The number of aromatic nitrogens is 1. The number of alkyl halides is 3. The van der Waals surface area contributed by atoms with Crippen molar-refractivity contribution in [2.75, 3.05) is 11.9 Å². The van der Waals surface area contributed by atoms with Crippen molar-refractivity contribution in [3.63, 3.8) is 0 Å². The number of urea groups is 1. The van der Waals surface area contributed by atoms with Gasteiger partial charge in [-0.2, -0.15) is 0 Å². The number of ether oxygens (including phenoxy) is 1. The standard InChI is InChI=1S/C33H33F3N4O6S/c1-3-22(23-7-5-4-6-8-23)12-9-20(2)40(19-21-10-13-24(14-11-21)29(42)37-18-27(41)30(43)44)32(45)39-31-38-26-16-15-25(17-28(26)47-31)46-33(34,35)36/h3,7,9-17,27,41H,1,4-6,8,18-19H2,2H3,(H,37,42)(H,43,44)(H,38,39,45)/b20-9+,22-12+/t27-/m1/s1. The highest BCUT2D eigenvalue weighted by Crippen LogP contribution is 2.32. The van der Waals surface area contributed by atoms with Crippen LogP contribution >= 0.6 is 11.3 Å². The van der Waals surface area contributed by atoms with Gasteiger partial charge in [0.25, 0.3) is 5.91 Å². The number of allylic oxidation sites excluding steroid dienone is 7. The normalized spacial score (nSPS) is 14.6. The molecule has 47 heavy (non-hydrogen) atoms. The van der Waals surface area contributed by atoms with Crippen LogP contribution in [0.4, 0.5) is 23.1 Å². The zero-order chi connectivity index (χ0) is 34.1. The number of aliphatic carboxylic acids is 1. The van der Waals surface area contributed by atoms with Crippen LogP contribution in [0.25, 0.3) is 10.2 Å². The highest BCUT2D eigenvalue weighted by Gasteiger charge is 2.31. The highest BCUT2D eigenvalue weighted by molar-refractivity contribution is 7.22. The molecule has 14 heteroatoms. The maximum Gasteiger partial charge on any atom is 0.573 e. The van der Waals surface area contributed by atoms with E-state index in [0.717, 1.165) is 48.7 Å². The molecule has 248 valence electrons. The molecule has 3 amide bonds. The predicted molar refractivity (Wildman–Crippen MR) is 172 cm³/mol. The van der Waals surface area contributed by atoms with Crippen LogP contribution in [-0.2, 0) is 11.3 Å². The maximum absolute atomic E-state index is 13.7. The lowest BCUT2D eigenvalue weighted by atomic mass is 9.93. The highest BCUT2D eigenvalue weighted by atomic mass is 32.1. The van der Waals surface area contributed by atoms with Gasteiger partial charge in [-0.3, -0.25) is 15.0 Å².